The van der Waals surface area contributed by atoms with E-state index < -0.39 is 28.9 Å². The molecule has 0 spiro atoms. The van der Waals surface area contributed by atoms with Gasteiger partial charge in [0.1, 0.15) is 11.2 Å². The fourth-order valence-corrected chi connectivity index (χ4v) is 2.28. The van der Waals surface area contributed by atoms with E-state index in [2.05, 4.69) is 6.58 Å². The van der Waals surface area contributed by atoms with Gasteiger partial charge in [-0.3, -0.25) is 0 Å². The molecular weight excluding hydrogens is 346 g/mol. The molecule has 0 saturated carbocycles. The lowest BCUT2D eigenvalue weighted by atomic mass is 9.98. The van der Waals surface area contributed by atoms with E-state index in [1.807, 2.05) is 13.8 Å². The first-order valence-corrected chi connectivity index (χ1v) is 9.41. The maximum atomic E-state index is 12.7. The van der Waals surface area contributed by atoms with Crippen LogP contribution in [0.2, 0.25) is 0 Å². The molecule has 0 fully saturated rings. The van der Waals surface area contributed by atoms with Crippen molar-refractivity contribution in [3.63, 3.8) is 0 Å². The molecule has 0 heterocycles. The third kappa shape index (κ3) is 10.4. The van der Waals surface area contributed by atoms with E-state index in [4.69, 9.17) is 14.2 Å². The number of rotatable bonds is 7. The molecule has 0 N–H and O–H groups in total. The van der Waals surface area contributed by atoms with E-state index in [-0.39, 0.29) is 5.60 Å². The SMILES string of the molecule is C=CCC(C)(C)OCCC(C)(C)N(C(=O)OC(C)(C)C)C(=O)OC(C)(C)C. The Morgan fingerprint density at radius 2 is 1.26 bits per heavy atom. The summed E-state index contributed by atoms with van der Waals surface area (Å²) < 4.78 is 16.8. The molecule has 0 aromatic carbocycles. The molecule has 0 saturated heterocycles. The highest BCUT2D eigenvalue weighted by atomic mass is 16.6. The Morgan fingerprint density at radius 1 is 0.852 bits per heavy atom. The zero-order valence-electron chi connectivity index (χ0n) is 18.9. The zero-order valence-corrected chi connectivity index (χ0v) is 18.9. The summed E-state index contributed by atoms with van der Waals surface area (Å²) in [5.74, 6) is 0. The van der Waals surface area contributed by atoms with E-state index in [9.17, 15) is 9.59 Å². The third-order valence-corrected chi connectivity index (χ3v) is 3.60. The summed E-state index contributed by atoms with van der Waals surface area (Å²) in [5.41, 5.74) is -2.67. The van der Waals surface area contributed by atoms with Crippen molar-refractivity contribution >= 4 is 12.2 Å². The Balaban J connectivity index is 5.40. The molecule has 0 aliphatic rings. The lowest BCUT2D eigenvalue weighted by Crippen LogP contribution is -2.54. The summed E-state index contributed by atoms with van der Waals surface area (Å²) >= 11 is 0. The predicted molar refractivity (Wildman–Crippen MR) is 108 cm³/mol. The Hall–Kier alpha value is -1.56. The molecule has 2 amide bonds. The predicted octanol–water partition coefficient (Wildman–Crippen LogP) is 5.70. The van der Waals surface area contributed by atoms with Gasteiger partial charge in [-0.15, -0.1) is 6.58 Å². The Bertz CT molecular complexity index is 496. The van der Waals surface area contributed by atoms with Crippen LogP contribution in [0.5, 0.6) is 0 Å². The van der Waals surface area contributed by atoms with Gasteiger partial charge in [-0.25, -0.2) is 14.5 Å². The topological polar surface area (TPSA) is 65.1 Å². The molecule has 0 aliphatic carbocycles. The summed E-state index contributed by atoms with van der Waals surface area (Å²) in [4.78, 5) is 26.5. The van der Waals surface area contributed by atoms with Gasteiger partial charge in [-0.05, 0) is 82.1 Å². The summed E-state index contributed by atoms with van der Waals surface area (Å²) in [7, 11) is 0. The van der Waals surface area contributed by atoms with Crippen LogP contribution in [0.4, 0.5) is 9.59 Å². The first-order valence-electron chi connectivity index (χ1n) is 9.41. The average molecular weight is 386 g/mol. The van der Waals surface area contributed by atoms with Crippen molar-refractivity contribution in [1.82, 2.24) is 4.90 Å². The molecule has 0 aliphatic heterocycles. The van der Waals surface area contributed by atoms with Crippen molar-refractivity contribution in [3.8, 4) is 0 Å². The van der Waals surface area contributed by atoms with Crippen molar-refractivity contribution in [2.24, 2.45) is 0 Å². The fourth-order valence-electron chi connectivity index (χ4n) is 2.28. The van der Waals surface area contributed by atoms with E-state index in [0.29, 0.717) is 19.4 Å². The Morgan fingerprint density at radius 3 is 1.59 bits per heavy atom. The van der Waals surface area contributed by atoms with Crippen LogP contribution < -0.4 is 0 Å². The van der Waals surface area contributed by atoms with Crippen molar-refractivity contribution in [2.75, 3.05) is 6.61 Å². The number of hydrogen-bond acceptors (Lipinski definition) is 5. The molecule has 27 heavy (non-hydrogen) atoms. The van der Waals surface area contributed by atoms with Crippen LogP contribution in [0.1, 0.15) is 82.1 Å². The number of amides is 2. The van der Waals surface area contributed by atoms with Crippen molar-refractivity contribution in [2.45, 2.75) is 104 Å². The summed E-state index contributed by atoms with van der Waals surface area (Å²) in [5, 5.41) is 0. The quantitative estimate of drug-likeness (QED) is 0.526. The van der Waals surface area contributed by atoms with Crippen LogP contribution in [-0.2, 0) is 14.2 Å². The van der Waals surface area contributed by atoms with Crippen molar-refractivity contribution < 1.29 is 23.8 Å². The van der Waals surface area contributed by atoms with Gasteiger partial charge in [-0.2, -0.15) is 0 Å². The minimum absolute atomic E-state index is 0.361. The van der Waals surface area contributed by atoms with Gasteiger partial charge in [-0.1, -0.05) is 6.08 Å². The number of ether oxygens (including phenoxy) is 3. The lowest BCUT2D eigenvalue weighted by molar-refractivity contribution is -0.0441. The van der Waals surface area contributed by atoms with Crippen LogP contribution >= 0.6 is 0 Å². The zero-order chi connectivity index (χ0) is 21.7. The maximum Gasteiger partial charge on any atom is 0.420 e. The Labute approximate surface area is 165 Å². The molecule has 0 unspecified atom stereocenters. The second kappa shape index (κ2) is 9.09. The largest absolute Gasteiger partial charge is 0.443 e. The summed E-state index contributed by atoms with van der Waals surface area (Å²) in [6, 6.07) is 0. The summed E-state index contributed by atoms with van der Waals surface area (Å²) in [6.45, 7) is 22.2. The van der Waals surface area contributed by atoms with Crippen LogP contribution in [-0.4, -0.2) is 46.0 Å². The average Bonchev–Trinajstić information content (AvgIpc) is 2.32. The molecule has 0 rings (SSSR count). The fraction of sp³-hybridized carbons (Fsp3) is 0.810. The lowest BCUT2D eigenvalue weighted by Gasteiger charge is -2.38. The smallest absolute Gasteiger partial charge is 0.420 e. The van der Waals surface area contributed by atoms with E-state index in [1.165, 1.54) is 0 Å². The molecule has 0 atom stereocenters. The van der Waals surface area contributed by atoms with Gasteiger partial charge in [0.15, 0.2) is 0 Å². The van der Waals surface area contributed by atoms with Gasteiger partial charge in [0, 0.05) is 6.61 Å². The molecule has 6 nitrogen and oxygen atoms in total. The second-order valence-corrected chi connectivity index (χ2v) is 9.96. The van der Waals surface area contributed by atoms with Gasteiger partial charge >= 0.3 is 12.2 Å². The van der Waals surface area contributed by atoms with Crippen LogP contribution in [0.15, 0.2) is 12.7 Å². The van der Waals surface area contributed by atoms with Crippen molar-refractivity contribution in [3.05, 3.63) is 12.7 Å². The number of carbonyl (C=O) groups excluding carboxylic acids is 2. The Kier molecular flexibility index (Phi) is 8.56. The number of nitrogens with zero attached hydrogens (tertiary/aromatic N) is 1. The number of carbonyl (C=O) groups is 2. The standard InChI is InChI=1S/C21H39NO5/c1-12-13-21(10,11)25-15-14-20(8,9)22(16(23)26-18(2,3)4)17(24)27-19(5,6)7/h12H,1,13-15H2,2-11H3. The highest BCUT2D eigenvalue weighted by Crippen LogP contribution is 2.26. The normalized spacial score (nSPS) is 13.1. The van der Waals surface area contributed by atoms with E-state index in [0.717, 1.165) is 4.90 Å². The van der Waals surface area contributed by atoms with Gasteiger partial charge < -0.3 is 14.2 Å². The first-order chi connectivity index (χ1) is 11.9. The molecule has 0 radical (unpaired) electrons. The van der Waals surface area contributed by atoms with Crippen LogP contribution in [0, 0.1) is 0 Å². The first kappa shape index (κ1) is 25.4. The minimum Gasteiger partial charge on any atom is -0.443 e. The number of hydrogen-bond donors (Lipinski definition) is 0. The molecule has 0 bridgehead atoms. The summed E-state index contributed by atoms with van der Waals surface area (Å²) in [6.07, 6.45) is 1.49. The monoisotopic (exact) mass is 385 g/mol. The van der Waals surface area contributed by atoms with Crippen LogP contribution in [0.3, 0.4) is 0 Å². The molecule has 0 aromatic rings. The highest BCUT2D eigenvalue weighted by molar-refractivity contribution is 5.89. The third-order valence-electron chi connectivity index (χ3n) is 3.60. The molecule has 158 valence electrons. The van der Waals surface area contributed by atoms with Gasteiger partial charge in [0.25, 0.3) is 0 Å². The maximum absolute atomic E-state index is 12.7. The van der Waals surface area contributed by atoms with Gasteiger partial charge in [0.05, 0.1) is 11.1 Å². The van der Waals surface area contributed by atoms with E-state index >= 15 is 0 Å². The highest BCUT2D eigenvalue weighted by Gasteiger charge is 2.41. The molecule has 0 aromatic heterocycles. The van der Waals surface area contributed by atoms with Crippen LogP contribution in [0.25, 0.3) is 0 Å². The molecule has 6 heteroatoms. The number of imide groups is 1. The van der Waals surface area contributed by atoms with Gasteiger partial charge in [0.2, 0.25) is 0 Å². The second-order valence-electron chi connectivity index (χ2n) is 9.96. The van der Waals surface area contributed by atoms with E-state index in [1.54, 1.807) is 61.5 Å². The molecular formula is C21H39NO5. The minimum atomic E-state index is -0.852. The van der Waals surface area contributed by atoms with Crippen molar-refractivity contribution in [1.29, 1.82) is 0 Å².